The molecule has 2 aromatic rings. The molecule has 0 unspecified atom stereocenters. The van der Waals surface area contributed by atoms with E-state index in [4.69, 9.17) is 0 Å². The molecule has 0 saturated heterocycles. The lowest BCUT2D eigenvalue weighted by molar-refractivity contribution is -0.140. The molecule has 2 aromatic carbocycles. The summed E-state index contributed by atoms with van der Waals surface area (Å²) in [4.78, 5) is 26.6. The Bertz CT molecular complexity index is 782. The number of nitrogens with zero attached hydrogens (tertiary/aromatic N) is 1. The first-order chi connectivity index (χ1) is 12.4. The molecule has 0 aliphatic carbocycles. The van der Waals surface area contributed by atoms with Gasteiger partial charge in [-0.15, -0.1) is 0 Å². The third-order valence-corrected chi connectivity index (χ3v) is 4.55. The van der Waals surface area contributed by atoms with Crippen LogP contribution in [0.15, 0.2) is 53.0 Å². The summed E-state index contributed by atoms with van der Waals surface area (Å²) in [6, 6.07) is 13.1. The third-order valence-electron chi connectivity index (χ3n) is 4.06. The highest BCUT2D eigenvalue weighted by Crippen LogP contribution is 2.17. The lowest BCUT2D eigenvalue weighted by Crippen LogP contribution is -2.48. The number of carbonyl (C=O) groups excluding carboxylic acids is 2. The fourth-order valence-corrected chi connectivity index (χ4v) is 3.09. The maximum Gasteiger partial charge on any atom is 0.242 e. The molecule has 26 heavy (non-hydrogen) atoms. The van der Waals surface area contributed by atoms with Gasteiger partial charge < -0.3 is 10.2 Å². The lowest BCUT2D eigenvalue weighted by Gasteiger charge is -2.29. The smallest absolute Gasteiger partial charge is 0.242 e. The summed E-state index contributed by atoms with van der Waals surface area (Å²) >= 11 is 3.41. The van der Waals surface area contributed by atoms with Crippen LogP contribution in [0.2, 0.25) is 0 Å². The second kappa shape index (κ2) is 9.48. The summed E-state index contributed by atoms with van der Waals surface area (Å²) in [5, 5.41) is 2.74. The number of nitrogens with one attached hydrogen (secondary N) is 1. The zero-order valence-corrected chi connectivity index (χ0v) is 16.4. The first-order valence-corrected chi connectivity index (χ1v) is 9.26. The van der Waals surface area contributed by atoms with Crippen LogP contribution in [0.3, 0.4) is 0 Å². The first kappa shape index (κ1) is 20.1. The monoisotopic (exact) mass is 420 g/mol. The molecule has 2 rings (SSSR count). The fraction of sp³-hybridized carbons (Fsp3) is 0.300. The summed E-state index contributed by atoms with van der Waals surface area (Å²) in [5.41, 5.74) is 1.21. The van der Waals surface area contributed by atoms with Crippen LogP contribution in [0.1, 0.15) is 25.0 Å². The van der Waals surface area contributed by atoms with Crippen molar-refractivity contribution in [3.8, 4) is 0 Å². The normalized spacial score (nSPS) is 11.7. The second-order valence-corrected chi connectivity index (χ2v) is 6.91. The molecular formula is C20H22BrFN2O2. The van der Waals surface area contributed by atoms with E-state index in [1.807, 2.05) is 31.2 Å². The highest BCUT2D eigenvalue weighted by Gasteiger charge is 2.26. The molecule has 0 saturated carbocycles. The van der Waals surface area contributed by atoms with Crippen molar-refractivity contribution in [3.63, 3.8) is 0 Å². The Kier molecular flexibility index (Phi) is 7.33. The minimum Gasteiger partial charge on any atom is -0.355 e. The zero-order chi connectivity index (χ0) is 19.1. The van der Waals surface area contributed by atoms with Gasteiger partial charge in [0.1, 0.15) is 11.9 Å². The molecule has 0 bridgehead atoms. The number of halogens is 2. The summed E-state index contributed by atoms with van der Waals surface area (Å²) in [7, 11) is 0. The maximum atomic E-state index is 13.9. The molecule has 6 heteroatoms. The van der Waals surface area contributed by atoms with E-state index in [9.17, 15) is 14.0 Å². The molecule has 0 heterocycles. The minimum absolute atomic E-state index is 0.0928. The summed E-state index contributed by atoms with van der Waals surface area (Å²) in [6.07, 6.45) is -0.0928. The number of hydrogen-bond donors (Lipinski definition) is 1. The third kappa shape index (κ3) is 5.39. The molecule has 1 atom stereocenters. The molecule has 0 spiro atoms. The number of rotatable bonds is 7. The summed E-state index contributed by atoms with van der Waals surface area (Å²) in [5.74, 6) is -0.952. The number of amides is 2. The minimum atomic E-state index is -0.659. The van der Waals surface area contributed by atoms with E-state index in [-0.39, 0.29) is 24.8 Å². The molecule has 0 aliphatic heterocycles. The Labute approximate surface area is 161 Å². The van der Waals surface area contributed by atoms with Gasteiger partial charge in [-0.25, -0.2) is 4.39 Å². The van der Waals surface area contributed by atoms with Gasteiger partial charge in [0, 0.05) is 17.6 Å². The average molecular weight is 421 g/mol. The molecule has 0 aliphatic rings. The number of hydrogen-bond acceptors (Lipinski definition) is 2. The molecule has 4 nitrogen and oxygen atoms in total. The van der Waals surface area contributed by atoms with E-state index < -0.39 is 11.9 Å². The van der Waals surface area contributed by atoms with Crippen molar-refractivity contribution in [2.24, 2.45) is 0 Å². The van der Waals surface area contributed by atoms with Gasteiger partial charge in [0.2, 0.25) is 11.8 Å². The van der Waals surface area contributed by atoms with Gasteiger partial charge in [0.05, 0.1) is 6.42 Å². The Hall–Kier alpha value is -2.21. The molecule has 0 fully saturated rings. The fourth-order valence-electron chi connectivity index (χ4n) is 2.64. The van der Waals surface area contributed by atoms with Gasteiger partial charge in [-0.2, -0.15) is 0 Å². The van der Waals surface area contributed by atoms with Crippen LogP contribution in [0.5, 0.6) is 0 Å². The highest BCUT2D eigenvalue weighted by atomic mass is 79.9. The van der Waals surface area contributed by atoms with Gasteiger partial charge in [-0.05, 0) is 43.2 Å². The van der Waals surface area contributed by atoms with Gasteiger partial charge >= 0.3 is 0 Å². The largest absolute Gasteiger partial charge is 0.355 e. The van der Waals surface area contributed by atoms with E-state index in [1.54, 1.807) is 25.1 Å². The topological polar surface area (TPSA) is 49.4 Å². The summed E-state index contributed by atoms with van der Waals surface area (Å²) in [6.45, 7) is 4.26. The van der Waals surface area contributed by atoms with Crippen molar-refractivity contribution >= 4 is 27.7 Å². The van der Waals surface area contributed by atoms with E-state index in [2.05, 4.69) is 21.2 Å². The number of carbonyl (C=O) groups is 2. The number of benzene rings is 2. The standard InChI is InChI=1S/C20H22BrFN2O2/c1-3-23-20(26)14(2)24(13-15-7-6-9-17(21)11-15)19(25)12-16-8-4-5-10-18(16)22/h4-11,14H,3,12-13H2,1-2H3,(H,23,26)/t14-/m0/s1. The van der Waals surface area contributed by atoms with Crippen molar-refractivity contribution in [2.75, 3.05) is 6.54 Å². The van der Waals surface area contributed by atoms with Crippen molar-refractivity contribution < 1.29 is 14.0 Å². The molecule has 138 valence electrons. The first-order valence-electron chi connectivity index (χ1n) is 8.47. The van der Waals surface area contributed by atoms with Crippen molar-refractivity contribution in [3.05, 3.63) is 69.9 Å². The van der Waals surface area contributed by atoms with Crippen LogP contribution in [0.25, 0.3) is 0 Å². The Morgan fingerprint density at radius 1 is 1.19 bits per heavy atom. The Morgan fingerprint density at radius 3 is 2.58 bits per heavy atom. The van der Waals surface area contributed by atoms with E-state index in [0.29, 0.717) is 12.1 Å². The molecule has 1 N–H and O–H groups in total. The van der Waals surface area contributed by atoms with Gasteiger partial charge in [0.25, 0.3) is 0 Å². The van der Waals surface area contributed by atoms with Crippen LogP contribution >= 0.6 is 15.9 Å². The predicted molar refractivity (Wildman–Crippen MR) is 103 cm³/mol. The summed E-state index contributed by atoms with van der Waals surface area (Å²) < 4.78 is 14.8. The molecular weight excluding hydrogens is 399 g/mol. The molecule has 0 aromatic heterocycles. The van der Waals surface area contributed by atoms with Crippen LogP contribution in [-0.2, 0) is 22.6 Å². The van der Waals surface area contributed by atoms with E-state index >= 15 is 0 Å². The second-order valence-electron chi connectivity index (χ2n) is 5.99. The SMILES string of the molecule is CCNC(=O)[C@H](C)N(Cc1cccc(Br)c1)C(=O)Cc1ccccc1F. The van der Waals surface area contributed by atoms with Crippen LogP contribution in [0.4, 0.5) is 4.39 Å². The van der Waals surface area contributed by atoms with Gasteiger partial charge in [-0.1, -0.05) is 46.3 Å². The molecule has 0 radical (unpaired) electrons. The number of likely N-dealkylation sites (N-methyl/N-ethyl adjacent to an activating group) is 1. The Balaban J connectivity index is 2.25. The van der Waals surface area contributed by atoms with Crippen molar-refractivity contribution in [2.45, 2.75) is 32.9 Å². The van der Waals surface area contributed by atoms with E-state index in [1.165, 1.54) is 11.0 Å². The zero-order valence-electron chi connectivity index (χ0n) is 14.8. The van der Waals surface area contributed by atoms with Gasteiger partial charge in [0.15, 0.2) is 0 Å². The molecule has 2 amide bonds. The predicted octanol–water partition coefficient (Wildman–Crippen LogP) is 3.68. The van der Waals surface area contributed by atoms with Crippen LogP contribution < -0.4 is 5.32 Å². The lowest BCUT2D eigenvalue weighted by atomic mass is 10.1. The maximum absolute atomic E-state index is 13.9. The van der Waals surface area contributed by atoms with Crippen molar-refractivity contribution in [1.29, 1.82) is 0 Å². The van der Waals surface area contributed by atoms with Crippen molar-refractivity contribution in [1.82, 2.24) is 10.2 Å². The van der Waals surface area contributed by atoms with Crippen LogP contribution in [-0.4, -0.2) is 29.3 Å². The average Bonchev–Trinajstić information content (AvgIpc) is 2.61. The van der Waals surface area contributed by atoms with E-state index in [0.717, 1.165) is 10.0 Å². The Morgan fingerprint density at radius 2 is 1.92 bits per heavy atom. The van der Waals surface area contributed by atoms with Crippen LogP contribution in [0, 0.1) is 5.82 Å². The quantitative estimate of drug-likeness (QED) is 0.742. The van der Waals surface area contributed by atoms with Gasteiger partial charge in [-0.3, -0.25) is 9.59 Å². The highest BCUT2D eigenvalue weighted by molar-refractivity contribution is 9.10.